The van der Waals surface area contributed by atoms with E-state index >= 15 is 0 Å². The van der Waals surface area contributed by atoms with E-state index in [1.165, 1.54) is 4.68 Å². The van der Waals surface area contributed by atoms with Gasteiger partial charge in [-0.1, -0.05) is 23.2 Å². The van der Waals surface area contributed by atoms with Gasteiger partial charge >= 0.3 is 0 Å². The van der Waals surface area contributed by atoms with Gasteiger partial charge in [-0.3, -0.25) is 14.5 Å². The zero-order valence-corrected chi connectivity index (χ0v) is 15.8. The topological polar surface area (TPSA) is 70.5 Å². The molecule has 0 unspecified atom stereocenters. The molecule has 1 aromatic heterocycles. The fourth-order valence-electron chi connectivity index (χ4n) is 2.83. The largest absolute Gasteiger partial charge is 0.368 e. The second-order valence-corrected chi connectivity index (χ2v) is 7.02. The van der Waals surface area contributed by atoms with Gasteiger partial charge in [0.1, 0.15) is 0 Å². The number of carbonyl (C=O) groups excluding carboxylic acids is 1. The maximum Gasteiger partial charge on any atom is 0.268 e. The molecule has 7 nitrogen and oxygen atoms in total. The molecule has 1 amide bonds. The molecule has 1 saturated heterocycles. The van der Waals surface area contributed by atoms with Gasteiger partial charge in [-0.05, 0) is 18.2 Å². The monoisotopic (exact) mass is 395 g/mol. The predicted molar refractivity (Wildman–Crippen MR) is 103 cm³/mol. The fourth-order valence-corrected chi connectivity index (χ4v) is 3.35. The second-order valence-electron chi connectivity index (χ2n) is 6.15. The summed E-state index contributed by atoms with van der Waals surface area (Å²) in [5, 5.41) is 7.81. The van der Waals surface area contributed by atoms with Gasteiger partial charge in [-0.15, -0.1) is 0 Å². The normalized spacial score (nSPS) is 15.1. The van der Waals surface area contributed by atoms with Crippen LogP contribution in [-0.4, -0.2) is 53.3 Å². The highest BCUT2D eigenvalue weighted by Crippen LogP contribution is 2.22. The molecule has 26 heavy (non-hydrogen) atoms. The molecule has 3 rings (SSSR count). The summed E-state index contributed by atoms with van der Waals surface area (Å²) < 4.78 is 1.30. The molecule has 1 aliphatic heterocycles. The standard InChI is InChI=1S/C17H19Cl2N5O2/c1-22-17(26)9-15(10-20-22)24-4-2-23(3-5-24)11-16(25)21-14-7-12(18)6-13(19)8-14/h6-10H,2-5,11H2,1H3,(H,21,25). The summed E-state index contributed by atoms with van der Waals surface area (Å²) in [7, 11) is 1.62. The number of carbonyl (C=O) groups is 1. The summed E-state index contributed by atoms with van der Waals surface area (Å²) >= 11 is 11.9. The van der Waals surface area contributed by atoms with Crippen molar-refractivity contribution in [2.24, 2.45) is 7.05 Å². The zero-order chi connectivity index (χ0) is 18.7. The highest BCUT2D eigenvalue weighted by atomic mass is 35.5. The van der Waals surface area contributed by atoms with Crippen LogP contribution in [-0.2, 0) is 11.8 Å². The number of rotatable bonds is 4. The Balaban J connectivity index is 1.52. The summed E-state index contributed by atoms with van der Waals surface area (Å²) in [4.78, 5) is 28.1. The first-order valence-electron chi connectivity index (χ1n) is 8.17. The van der Waals surface area contributed by atoms with Crippen LogP contribution in [0, 0.1) is 0 Å². The predicted octanol–water partition coefficient (Wildman–Crippen LogP) is 1.85. The van der Waals surface area contributed by atoms with Crippen molar-refractivity contribution in [3.05, 3.63) is 50.9 Å². The Bertz CT molecular complexity index is 842. The SMILES string of the molecule is Cn1ncc(N2CCN(CC(=O)Nc3cc(Cl)cc(Cl)c3)CC2)cc1=O. The van der Waals surface area contributed by atoms with Crippen LogP contribution in [0.25, 0.3) is 0 Å². The van der Waals surface area contributed by atoms with Crippen LogP contribution in [0.15, 0.2) is 35.3 Å². The fraction of sp³-hybridized carbons (Fsp3) is 0.353. The Hall–Kier alpha value is -2.09. The minimum absolute atomic E-state index is 0.118. The van der Waals surface area contributed by atoms with E-state index < -0.39 is 0 Å². The molecular weight excluding hydrogens is 377 g/mol. The molecule has 9 heteroatoms. The smallest absolute Gasteiger partial charge is 0.268 e. The third kappa shape index (κ3) is 4.75. The number of hydrogen-bond acceptors (Lipinski definition) is 5. The Morgan fingerprint density at radius 1 is 1.12 bits per heavy atom. The quantitative estimate of drug-likeness (QED) is 0.854. The molecule has 1 aliphatic rings. The van der Waals surface area contributed by atoms with Gasteiger partial charge < -0.3 is 10.2 Å². The lowest BCUT2D eigenvalue weighted by Crippen LogP contribution is -2.49. The molecular formula is C17H19Cl2N5O2. The Labute approximate surface area is 161 Å². The number of amides is 1. The number of benzene rings is 1. The van der Waals surface area contributed by atoms with Gasteiger partial charge in [0.15, 0.2) is 0 Å². The van der Waals surface area contributed by atoms with Crippen LogP contribution >= 0.6 is 23.2 Å². The molecule has 1 fully saturated rings. The maximum absolute atomic E-state index is 12.2. The minimum atomic E-state index is -0.135. The molecule has 0 radical (unpaired) electrons. The van der Waals surface area contributed by atoms with E-state index in [0.717, 1.165) is 31.9 Å². The summed E-state index contributed by atoms with van der Waals surface area (Å²) in [6.45, 7) is 3.18. The average molecular weight is 396 g/mol. The number of hydrogen-bond donors (Lipinski definition) is 1. The van der Waals surface area contributed by atoms with Crippen molar-refractivity contribution in [3.63, 3.8) is 0 Å². The first-order chi connectivity index (χ1) is 12.4. The first-order valence-corrected chi connectivity index (χ1v) is 8.93. The highest BCUT2D eigenvalue weighted by Gasteiger charge is 2.20. The number of anilines is 2. The van der Waals surface area contributed by atoms with Crippen LogP contribution in [0.5, 0.6) is 0 Å². The van der Waals surface area contributed by atoms with E-state index in [2.05, 4.69) is 20.2 Å². The second kappa shape index (κ2) is 8.07. The third-order valence-electron chi connectivity index (χ3n) is 4.20. The number of piperazine rings is 1. The number of nitrogens with zero attached hydrogens (tertiary/aromatic N) is 4. The molecule has 2 heterocycles. The van der Waals surface area contributed by atoms with E-state index in [1.54, 1.807) is 37.5 Å². The lowest BCUT2D eigenvalue weighted by atomic mass is 10.2. The average Bonchev–Trinajstić information content (AvgIpc) is 2.57. The highest BCUT2D eigenvalue weighted by molar-refractivity contribution is 6.35. The van der Waals surface area contributed by atoms with Crippen LogP contribution in [0.1, 0.15) is 0 Å². The molecule has 0 spiro atoms. The van der Waals surface area contributed by atoms with Crippen molar-refractivity contribution in [1.29, 1.82) is 0 Å². The van der Waals surface area contributed by atoms with Crippen molar-refractivity contribution in [3.8, 4) is 0 Å². The van der Waals surface area contributed by atoms with E-state index in [0.29, 0.717) is 15.7 Å². The van der Waals surface area contributed by atoms with Gasteiger partial charge in [0.05, 0.1) is 18.4 Å². The van der Waals surface area contributed by atoms with Crippen LogP contribution in [0.2, 0.25) is 10.0 Å². The summed E-state index contributed by atoms with van der Waals surface area (Å²) in [5.74, 6) is -0.118. The van der Waals surface area contributed by atoms with E-state index in [4.69, 9.17) is 23.2 Å². The summed E-state index contributed by atoms with van der Waals surface area (Å²) in [5.41, 5.74) is 1.26. The molecule has 138 valence electrons. The van der Waals surface area contributed by atoms with Crippen molar-refractivity contribution in [2.45, 2.75) is 0 Å². The van der Waals surface area contributed by atoms with E-state index in [-0.39, 0.29) is 18.0 Å². The maximum atomic E-state index is 12.2. The van der Waals surface area contributed by atoms with E-state index in [9.17, 15) is 9.59 Å². The number of nitrogens with one attached hydrogen (secondary N) is 1. The van der Waals surface area contributed by atoms with Crippen molar-refractivity contribution < 1.29 is 4.79 Å². The summed E-state index contributed by atoms with van der Waals surface area (Å²) in [6, 6.07) is 6.51. The number of halogens is 2. The van der Waals surface area contributed by atoms with E-state index in [1.807, 2.05) is 0 Å². The third-order valence-corrected chi connectivity index (χ3v) is 4.64. The molecule has 2 aromatic rings. The number of aryl methyl sites for hydroxylation is 1. The van der Waals surface area contributed by atoms with Crippen molar-refractivity contribution in [2.75, 3.05) is 42.9 Å². The molecule has 0 aliphatic carbocycles. The van der Waals surface area contributed by atoms with Gasteiger partial charge in [-0.25, -0.2) is 4.68 Å². The van der Waals surface area contributed by atoms with Gasteiger partial charge in [-0.2, -0.15) is 5.10 Å². The lowest BCUT2D eigenvalue weighted by molar-refractivity contribution is -0.117. The van der Waals surface area contributed by atoms with Gasteiger partial charge in [0.2, 0.25) is 5.91 Å². The molecule has 1 N–H and O–H groups in total. The van der Waals surface area contributed by atoms with Crippen LogP contribution < -0.4 is 15.8 Å². The first kappa shape index (κ1) is 18.7. The zero-order valence-electron chi connectivity index (χ0n) is 14.3. The molecule has 0 atom stereocenters. The number of aromatic nitrogens is 2. The van der Waals surface area contributed by atoms with Crippen molar-refractivity contribution >= 4 is 40.5 Å². The Kier molecular flexibility index (Phi) is 5.80. The molecule has 1 aromatic carbocycles. The molecule has 0 bridgehead atoms. The van der Waals surface area contributed by atoms with Crippen LogP contribution in [0.3, 0.4) is 0 Å². The Morgan fingerprint density at radius 3 is 2.38 bits per heavy atom. The van der Waals surface area contributed by atoms with Crippen LogP contribution in [0.4, 0.5) is 11.4 Å². The van der Waals surface area contributed by atoms with Gasteiger partial charge in [0.25, 0.3) is 5.56 Å². The lowest BCUT2D eigenvalue weighted by Gasteiger charge is -2.35. The van der Waals surface area contributed by atoms with Gasteiger partial charge in [0, 0.05) is 55.0 Å². The molecule has 0 saturated carbocycles. The minimum Gasteiger partial charge on any atom is -0.368 e. The Morgan fingerprint density at radius 2 is 1.77 bits per heavy atom. The summed E-state index contributed by atoms with van der Waals surface area (Å²) in [6.07, 6.45) is 1.69. The van der Waals surface area contributed by atoms with Crippen molar-refractivity contribution in [1.82, 2.24) is 14.7 Å².